The van der Waals surface area contributed by atoms with Crippen LogP contribution in [0.4, 0.5) is 0 Å². The van der Waals surface area contributed by atoms with E-state index in [0.29, 0.717) is 0 Å². The van der Waals surface area contributed by atoms with Crippen LogP contribution in [0.3, 0.4) is 0 Å². The van der Waals surface area contributed by atoms with Crippen molar-refractivity contribution >= 4 is 7.92 Å². The summed E-state index contributed by atoms with van der Waals surface area (Å²) in [5, 5.41) is 0. The maximum Gasteiger partial charge on any atom is 0.0501 e. The first-order valence-electron chi connectivity index (χ1n) is 2.41. The Morgan fingerprint density at radius 2 is 2.00 bits per heavy atom. The Balaban J connectivity index is 2.68. The van der Waals surface area contributed by atoms with Gasteiger partial charge in [0.15, 0.2) is 0 Å². The first kappa shape index (κ1) is 7.39. The zero-order valence-electron chi connectivity index (χ0n) is 5.27. The van der Waals surface area contributed by atoms with Gasteiger partial charge in [-0.15, -0.1) is 7.92 Å². The SMILES string of the molecule is COCCP(C)C. The summed E-state index contributed by atoms with van der Waals surface area (Å²) in [5.41, 5.74) is 0. The highest BCUT2D eigenvalue weighted by molar-refractivity contribution is 7.55. The van der Waals surface area contributed by atoms with Crippen molar-refractivity contribution in [2.45, 2.75) is 0 Å². The van der Waals surface area contributed by atoms with Crippen LogP contribution < -0.4 is 0 Å². The standard InChI is InChI=1S/C5H13OP/c1-6-4-5-7(2)3/h4-5H2,1-3H3. The van der Waals surface area contributed by atoms with Crippen molar-refractivity contribution < 1.29 is 4.74 Å². The van der Waals surface area contributed by atoms with Gasteiger partial charge in [0.1, 0.15) is 0 Å². The van der Waals surface area contributed by atoms with Crippen molar-refractivity contribution in [2.24, 2.45) is 0 Å². The molecule has 0 aliphatic carbocycles. The van der Waals surface area contributed by atoms with Gasteiger partial charge < -0.3 is 4.74 Å². The van der Waals surface area contributed by atoms with Crippen LogP contribution in [0.15, 0.2) is 0 Å². The van der Waals surface area contributed by atoms with Crippen molar-refractivity contribution in [2.75, 3.05) is 33.2 Å². The molecular weight excluding hydrogens is 107 g/mol. The van der Waals surface area contributed by atoms with E-state index in [1.165, 1.54) is 6.16 Å². The lowest BCUT2D eigenvalue weighted by Gasteiger charge is -2.00. The molecule has 0 aromatic heterocycles. The quantitative estimate of drug-likeness (QED) is 0.511. The minimum Gasteiger partial charge on any atom is -0.384 e. The Morgan fingerprint density at radius 1 is 1.43 bits per heavy atom. The summed E-state index contributed by atoms with van der Waals surface area (Å²) in [6.07, 6.45) is 1.24. The Bertz CT molecular complexity index is 37.1. The molecule has 44 valence electrons. The van der Waals surface area contributed by atoms with Crippen molar-refractivity contribution in [1.82, 2.24) is 0 Å². The van der Waals surface area contributed by atoms with Gasteiger partial charge in [-0.25, -0.2) is 0 Å². The maximum absolute atomic E-state index is 4.87. The highest BCUT2D eigenvalue weighted by atomic mass is 31.1. The molecule has 0 saturated carbocycles. The van der Waals surface area contributed by atoms with Crippen molar-refractivity contribution in [3.63, 3.8) is 0 Å². The highest BCUT2D eigenvalue weighted by Crippen LogP contribution is 2.22. The molecule has 0 aliphatic heterocycles. The predicted molar refractivity (Wildman–Crippen MR) is 35.5 cm³/mol. The molecule has 0 aromatic rings. The van der Waals surface area contributed by atoms with Crippen LogP contribution in [0.25, 0.3) is 0 Å². The van der Waals surface area contributed by atoms with Gasteiger partial charge in [-0.3, -0.25) is 0 Å². The fourth-order valence-corrected chi connectivity index (χ4v) is 0.822. The van der Waals surface area contributed by atoms with E-state index >= 15 is 0 Å². The van der Waals surface area contributed by atoms with E-state index in [1.807, 2.05) is 0 Å². The largest absolute Gasteiger partial charge is 0.384 e. The molecule has 7 heavy (non-hydrogen) atoms. The number of rotatable bonds is 3. The molecule has 0 aromatic carbocycles. The fraction of sp³-hybridized carbons (Fsp3) is 1.00. The van der Waals surface area contributed by atoms with Gasteiger partial charge in [0.2, 0.25) is 0 Å². The highest BCUT2D eigenvalue weighted by Gasteiger charge is 1.87. The minimum atomic E-state index is 0.269. The topological polar surface area (TPSA) is 9.23 Å². The third-order valence-electron chi connectivity index (χ3n) is 0.743. The summed E-state index contributed by atoms with van der Waals surface area (Å²) >= 11 is 0. The lowest BCUT2D eigenvalue weighted by Crippen LogP contribution is -1.91. The van der Waals surface area contributed by atoms with E-state index in [1.54, 1.807) is 7.11 Å². The molecule has 0 aliphatic rings. The van der Waals surface area contributed by atoms with Gasteiger partial charge in [-0.1, -0.05) is 0 Å². The fourth-order valence-electron chi connectivity index (χ4n) is 0.274. The second-order valence-corrected chi connectivity index (χ2v) is 4.40. The smallest absolute Gasteiger partial charge is 0.0501 e. The van der Waals surface area contributed by atoms with Gasteiger partial charge in [0.05, 0.1) is 6.61 Å². The van der Waals surface area contributed by atoms with Crippen LogP contribution in [-0.4, -0.2) is 33.2 Å². The Hall–Kier alpha value is 0.390. The maximum atomic E-state index is 4.87. The van der Waals surface area contributed by atoms with Crippen molar-refractivity contribution in [1.29, 1.82) is 0 Å². The van der Waals surface area contributed by atoms with Gasteiger partial charge in [-0.2, -0.15) is 0 Å². The molecule has 0 rings (SSSR count). The van der Waals surface area contributed by atoms with Gasteiger partial charge >= 0.3 is 0 Å². The summed E-state index contributed by atoms with van der Waals surface area (Å²) < 4.78 is 4.87. The summed E-state index contributed by atoms with van der Waals surface area (Å²) in [7, 11) is 2.02. The molecule has 0 saturated heterocycles. The number of hydrogen-bond acceptors (Lipinski definition) is 1. The van der Waals surface area contributed by atoms with E-state index in [0.717, 1.165) is 6.61 Å². The molecule has 0 spiro atoms. The number of hydrogen-bond donors (Lipinski definition) is 0. The molecular formula is C5H13OP. The average Bonchev–Trinajstić information content (AvgIpc) is 1.61. The summed E-state index contributed by atoms with van der Waals surface area (Å²) in [5.74, 6) is 0. The summed E-state index contributed by atoms with van der Waals surface area (Å²) in [4.78, 5) is 0. The molecule has 0 fully saturated rings. The van der Waals surface area contributed by atoms with Crippen LogP contribution in [0, 0.1) is 0 Å². The second kappa shape index (κ2) is 4.55. The Kier molecular flexibility index (Phi) is 4.80. The van der Waals surface area contributed by atoms with E-state index in [4.69, 9.17) is 4.74 Å². The lowest BCUT2D eigenvalue weighted by atomic mass is 10.9. The van der Waals surface area contributed by atoms with Crippen LogP contribution in [0.2, 0.25) is 0 Å². The number of ether oxygens (including phenoxy) is 1. The van der Waals surface area contributed by atoms with E-state index < -0.39 is 0 Å². The third kappa shape index (κ3) is 6.39. The van der Waals surface area contributed by atoms with E-state index in [-0.39, 0.29) is 7.92 Å². The predicted octanol–water partition coefficient (Wildman–Crippen LogP) is 1.37. The van der Waals surface area contributed by atoms with Crippen molar-refractivity contribution in [3.8, 4) is 0 Å². The monoisotopic (exact) mass is 120 g/mol. The van der Waals surface area contributed by atoms with Gasteiger partial charge in [-0.05, 0) is 19.5 Å². The zero-order valence-corrected chi connectivity index (χ0v) is 6.16. The number of methoxy groups -OCH3 is 1. The molecule has 0 amide bonds. The van der Waals surface area contributed by atoms with Crippen LogP contribution in [0.5, 0.6) is 0 Å². The average molecular weight is 120 g/mol. The molecule has 0 bridgehead atoms. The normalized spacial score (nSPS) is 10.3. The first-order valence-corrected chi connectivity index (χ1v) is 4.83. The van der Waals surface area contributed by atoms with Crippen molar-refractivity contribution in [3.05, 3.63) is 0 Å². The lowest BCUT2D eigenvalue weighted by molar-refractivity contribution is 0.218. The molecule has 0 unspecified atom stereocenters. The molecule has 0 radical (unpaired) electrons. The third-order valence-corrected chi connectivity index (χ3v) is 1.82. The van der Waals surface area contributed by atoms with Gasteiger partial charge in [0, 0.05) is 7.11 Å². The molecule has 2 heteroatoms. The van der Waals surface area contributed by atoms with E-state index in [2.05, 4.69) is 13.3 Å². The summed E-state index contributed by atoms with van der Waals surface area (Å²) in [6, 6.07) is 0. The molecule has 0 atom stereocenters. The second-order valence-electron chi connectivity index (χ2n) is 1.80. The van der Waals surface area contributed by atoms with Gasteiger partial charge in [0.25, 0.3) is 0 Å². The molecule has 0 heterocycles. The minimum absolute atomic E-state index is 0.269. The Labute approximate surface area is 46.8 Å². The van der Waals surface area contributed by atoms with E-state index in [9.17, 15) is 0 Å². The molecule has 0 N–H and O–H groups in total. The Morgan fingerprint density at radius 3 is 2.14 bits per heavy atom. The molecule has 1 nitrogen and oxygen atoms in total. The van der Waals surface area contributed by atoms with Crippen LogP contribution in [-0.2, 0) is 4.74 Å². The van der Waals surface area contributed by atoms with Crippen LogP contribution >= 0.6 is 7.92 Å². The van der Waals surface area contributed by atoms with Crippen LogP contribution in [0.1, 0.15) is 0 Å². The first-order chi connectivity index (χ1) is 3.27. The summed E-state index contributed by atoms with van der Waals surface area (Å²) in [6.45, 7) is 5.45. The zero-order chi connectivity index (χ0) is 5.70.